The monoisotopic (exact) mass is 468 g/mol. The second-order valence-electron chi connectivity index (χ2n) is 7.06. The molecular weight excluding hydrogens is 451 g/mol. The number of hydrogen-bond acceptors (Lipinski definition) is 5. The number of benzene rings is 2. The van der Waals surface area contributed by atoms with Gasteiger partial charge in [0.25, 0.3) is 5.70 Å². The van der Waals surface area contributed by atoms with Crippen molar-refractivity contribution in [1.82, 2.24) is 5.10 Å². The molecule has 0 unspecified atom stereocenters. The first-order valence-corrected chi connectivity index (χ1v) is 10.4. The summed E-state index contributed by atoms with van der Waals surface area (Å²) in [5.41, 5.74) is 4.05. The highest BCUT2D eigenvalue weighted by atomic mass is 35.5. The van der Waals surface area contributed by atoms with E-state index < -0.39 is 11.9 Å². The second-order valence-corrected chi connectivity index (χ2v) is 7.93. The van der Waals surface area contributed by atoms with Crippen molar-refractivity contribution in [3.05, 3.63) is 93.1 Å². The zero-order valence-electron chi connectivity index (χ0n) is 17.5. The first-order valence-electron chi connectivity index (χ1n) is 9.60. The number of nitrogens with zero attached hydrogens (tertiary/aromatic N) is 2. The lowest BCUT2D eigenvalue weighted by Gasteiger charge is -2.16. The van der Waals surface area contributed by atoms with E-state index >= 15 is 0 Å². The summed E-state index contributed by atoms with van der Waals surface area (Å²) in [7, 11) is 2.49. The van der Waals surface area contributed by atoms with Crippen LogP contribution in [-0.4, -0.2) is 25.3 Å². The molecule has 0 atom stereocenters. The number of ether oxygens (including phenoxy) is 2. The van der Waals surface area contributed by atoms with Crippen LogP contribution in [0.15, 0.2) is 66.2 Å². The highest BCUT2D eigenvalue weighted by molar-refractivity contribution is 6.32. The molecule has 0 saturated carbocycles. The van der Waals surface area contributed by atoms with Crippen molar-refractivity contribution in [3.8, 4) is 11.1 Å². The molecule has 0 amide bonds. The van der Waals surface area contributed by atoms with Gasteiger partial charge in [0.15, 0.2) is 0 Å². The molecule has 2 aromatic carbocycles. The van der Waals surface area contributed by atoms with Crippen molar-refractivity contribution in [2.24, 2.45) is 0 Å². The van der Waals surface area contributed by atoms with Gasteiger partial charge in [0, 0.05) is 26.8 Å². The Morgan fingerprint density at radius 2 is 1.53 bits per heavy atom. The van der Waals surface area contributed by atoms with Gasteiger partial charge in [-0.1, -0.05) is 35.3 Å². The summed E-state index contributed by atoms with van der Waals surface area (Å²) in [5.74, 6) is -1.48. The van der Waals surface area contributed by atoms with E-state index in [0.29, 0.717) is 32.4 Å². The van der Waals surface area contributed by atoms with Crippen molar-refractivity contribution < 1.29 is 24.1 Å². The smallest absolute Gasteiger partial charge is 0.345 e. The van der Waals surface area contributed by atoms with Gasteiger partial charge in [-0.3, -0.25) is 0 Å². The quantitative estimate of drug-likeness (QED) is 0.197. The van der Waals surface area contributed by atoms with Crippen LogP contribution in [0, 0.1) is 6.92 Å². The number of halogens is 2. The first kappa shape index (κ1) is 21.9. The van der Waals surface area contributed by atoms with E-state index in [1.807, 2.05) is 12.1 Å². The van der Waals surface area contributed by atoms with Gasteiger partial charge in [-0.2, -0.15) is 0 Å². The summed E-state index contributed by atoms with van der Waals surface area (Å²) >= 11 is 12.6. The van der Waals surface area contributed by atoms with E-state index in [4.69, 9.17) is 32.7 Å². The average Bonchev–Trinajstić information content (AvgIpc) is 3.08. The number of aryl methyl sites for hydroxylation is 1. The molecule has 3 aromatic rings. The van der Waals surface area contributed by atoms with Crippen LogP contribution >= 0.6 is 23.2 Å². The summed E-state index contributed by atoms with van der Waals surface area (Å²) in [5, 5.41) is 18.3. The highest BCUT2D eigenvalue weighted by Crippen LogP contribution is 2.48. The number of esters is 1. The average molecular weight is 469 g/mol. The summed E-state index contributed by atoms with van der Waals surface area (Å²) in [6, 6.07) is 14.2. The van der Waals surface area contributed by atoms with Gasteiger partial charge in [0.05, 0.1) is 7.11 Å². The zero-order valence-corrected chi connectivity index (χ0v) is 19.0. The second kappa shape index (κ2) is 8.65. The van der Waals surface area contributed by atoms with Gasteiger partial charge < -0.3 is 14.6 Å². The molecule has 1 aromatic heterocycles. The molecular formula is C24H18Cl2N2O4. The maximum atomic E-state index is 13.2. The molecule has 0 aliphatic heterocycles. The molecule has 1 heterocycles. The third-order valence-electron chi connectivity index (χ3n) is 5.11. The van der Waals surface area contributed by atoms with Crippen LogP contribution in [-0.2, 0) is 14.3 Å². The summed E-state index contributed by atoms with van der Waals surface area (Å²) in [6.45, 7) is 1.77. The molecule has 0 N–H and O–H groups in total. The Kier molecular flexibility index (Phi) is 5.91. The van der Waals surface area contributed by atoms with Crippen LogP contribution in [0.4, 0.5) is 0 Å². The van der Waals surface area contributed by atoms with Crippen LogP contribution in [0.3, 0.4) is 0 Å². The Morgan fingerprint density at radius 3 is 2.03 bits per heavy atom. The molecule has 0 spiro atoms. The van der Waals surface area contributed by atoms with E-state index in [-0.39, 0.29) is 11.3 Å². The van der Waals surface area contributed by atoms with Crippen LogP contribution in [0.2, 0.25) is 10.0 Å². The number of aromatic nitrogens is 2. The topological polar surface area (TPSA) is 75.4 Å². The molecule has 8 heteroatoms. The molecule has 0 fully saturated rings. The summed E-state index contributed by atoms with van der Waals surface area (Å²) in [4.78, 5) is 13.2. The van der Waals surface area contributed by atoms with Gasteiger partial charge in [-0.05, 0) is 71.3 Å². The zero-order chi connectivity index (χ0) is 23.0. The Morgan fingerprint density at radius 1 is 0.938 bits per heavy atom. The highest BCUT2D eigenvalue weighted by Gasteiger charge is 2.36. The molecule has 6 nitrogen and oxygen atoms in total. The fraction of sp³-hybridized carbons (Fsp3) is 0.125. The van der Waals surface area contributed by atoms with Crippen LogP contribution < -0.4 is 9.79 Å². The Hall–Kier alpha value is -3.35. The molecule has 0 bridgehead atoms. The minimum atomic E-state index is -0.750. The van der Waals surface area contributed by atoms with Crippen molar-refractivity contribution in [2.75, 3.05) is 14.2 Å². The van der Waals surface area contributed by atoms with E-state index in [0.717, 1.165) is 11.1 Å². The number of fused-ring (bicyclic) bond motifs is 3. The number of methoxy groups -OCH3 is 2. The van der Waals surface area contributed by atoms with Crippen LogP contribution in [0.5, 0.6) is 0 Å². The first-order chi connectivity index (χ1) is 15.3. The Bertz CT molecular complexity index is 1260. The normalized spacial score (nSPS) is 12.6. The molecule has 1 aliphatic carbocycles. The maximum Gasteiger partial charge on any atom is 0.345 e. The summed E-state index contributed by atoms with van der Waals surface area (Å²) < 4.78 is 11.5. The molecule has 0 saturated heterocycles. The van der Waals surface area contributed by atoms with E-state index in [1.165, 1.54) is 18.9 Å². The van der Waals surface area contributed by atoms with Crippen LogP contribution in [0.25, 0.3) is 22.4 Å². The van der Waals surface area contributed by atoms with Crippen molar-refractivity contribution >= 4 is 40.4 Å². The van der Waals surface area contributed by atoms with Crippen LogP contribution in [0.1, 0.15) is 16.8 Å². The van der Waals surface area contributed by atoms with Gasteiger partial charge in [-0.15, -0.1) is 0 Å². The molecule has 1 aliphatic rings. The van der Waals surface area contributed by atoms with Gasteiger partial charge in [0.1, 0.15) is 17.2 Å². The predicted molar refractivity (Wildman–Crippen MR) is 119 cm³/mol. The van der Waals surface area contributed by atoms with Crippen molar-refractivity contribution in [2.45, 2.75) is 6.92 Å². The molecule has 0 radical (unpaired) electrons. The Labute approximate surface area is 194 Å². The Balaban J connectivity index is 2.18. The minimum Gasteiger partial charge on any atom is -0.612 e. The number of hydrogen-bond donors (Lipinski definition) is 0. The summed E-state index contributed by atoms with van der Waals surface area (Å²) in [6.07, 6.45) is 1.56. The van der Waals surface area contributed by atoms with E-state index in [2.05, 4.69) is 5.10 Å². The lowest BCUT2D eigenvalue weighted by Crippen LogP contribution is -2.42. The fourth-order valence-electron chi connectivity index (χ4n) is 3.78. The van der Waals surface area contributed by atoms with Gasteiger partial charge in [-0.25, -0.2) is 4.79 Å². The van der Waals surface area contributed by atoms with Gasteiger partial charge in [0.2, 0.25) is 6.20 Å². The molecule has 32 heavy (non-hydrogen) atoms. The maximum absolute atomic E-state index is 13.2. The predicted octanol–water partition coefficient (Wildman–Crippen LogP) is 3.77. The molecule has 4 rings (SSSR count). The van der Waals surface area contributed by atoms with Gasteiger partial charge >= 0.3 is 5.97 Å². The third-order valence-corrected chi connectivity index (χ3v) is 5.58. The number of rotatable bonds is 4. The number of carbonyl (C=O) groups is 1. The largest absolute Gasteiger partial charge is 0.612 e. The van der Waals surface area contributed by atoms with E-state index in [1.54, 1.807) is 49.5 Å². The standard InChI is InChI=1S/C24H18Cl2N2O4/c1-13-5-4-10-28(27-13)22(24(30)32-3)21(23(29)31-2)20-18-11-14(25)6-8-16(18)17-9-7-15(26)12-19(17)20/h4-12H,1-3H3. The van der Waals surface area contributed by atoms with Crippen molar-refractivity contribution in [1.29, 1.82) is 0 Å². The van der Waals surface area contributed by atoms with Crippen molar-refractivity contribution in [3.63, 3.8) is 0 Å². The third kappa shape index (κ3) is 3.72. The lowest BCUT2D eigenvalue weighted by atomic mass is 9.95. The van der Waals surface area contributed by atoms with E-state index in [9.17, 15) is 9.90 Å². The SMILES string of the molecule is COC(=O)C(=C1c2cc(Cl)ccc2-c2ccc(Cl)cc21)/C(=C(\[O-])OC)[n+]1cccc(C)n1. The molecule has 162 valence electrons. The minimum absolute atomic E-state index is 0.00742. The lowest BCUT2D eigenvalue weighted by molar-refractivity contribution is -0.650. The fourth-order valence-corrected chi connectivity index (χ4v) is 4.13. The number of carbonyl (C=O) groups excluding carboxylic acids is 1.